The Morgan fingerprint density at radius 1 is 1.39 bits per heavy atom. The number of primary amides is 1. The molecule has 0 radical (unpaired) electrons. The molecule has 1 saturated heterocycles. The molecule has 1 fully saturated rings. The third-order valence-electron chi connectivity index (χ3n) is 5.64. The first-order chi connectivity index (χ1) is 16.0. The summed E-state index contributed by atoms with van der Waals surface area (Å²) in [4.78, 5) is 10.7. The van der Waals surface area contributed by atoms with Crippen LogP contribution in [0.3, 0.4) is 0 Å². The van der Waals surface area contributed by atoms with Gasteiger partial charge < -0.3 is 30.9 Å². The largest absolute Gasteiger partial charge is 0.490 e. The molecule has 9 nitrogen and oxygen atoms in total. The maximum atomic E-state index is 11.4. The Hall–Kier alpha value is -2.91. The lowest BCUT2D eigenvalue weighted by Gasteiger charge is -2.30. The molecule has 1 aliphatic heterocycles. The lowest BCUT2D eigenvalue weighted by Crippen LogP contribution is -2.37. The minimum absolute atomic E-state index is 0.135. The maximum absolute atomic E-state index is 11.4. The van der Waals surface area contributed by atoms with Gasteiger partial charge in [-0.1, -0.05) is 19.1 Å². The van der Waals surface area contributed by atoms with Gasteiger partial charge in [-0.3, -0.25) is 4.79 Å². The molecular weight excluding hydrogens is 422 g/mol. The van der Waals surface area contributed by atoms with Crippen molar-refractivity contribution in [1.29, 1.82) is 5.53 Å². The van der Waals surface area contributed by atoms with Gasteiger partial charge in [0, 0.05) is 43.9 Å². The van der Waals surface area contributed by atoms with Crippen LogP contribution in [0.2, 0.25) is 0 Å². The van der Waals surface area contributed by atoms with Gasteiger partial charge in [0.25, 0.3) is 0 Å². The van der Waals surface area contributed by atoms with Crippen molar-refractivity contribution in [2.75, 3.05) is 26.3 Å². The molecule has 1 amide bonds. The van der Waals surface area contributed by atoms with E-state index < -0.39 is 11.5 Å². The molecule has 1 atom stereocenters. The van der Waals surface area contributed by atoms with Crippen molar-refractivity contribution in [3.05, 3.63) is 54.0 Å². The highest BCUT2D eigenvalue weighted by molar-refractivity contribution is 5.85. The maximum Gasteiger partial charge on any atom is 0.242 e. The summed E-state index contributed by atoms with van der Waals surface area (Å²) < 4.78 is 11.5. The number of carbonyl (C=O) groups is 1. The number of unbranched alkanes of at least 4 members (excludes halogenated alkanes) is 1. The van der Waals surface area contributed by atoms with Crippen molar-refractivity contribution < 1.29 is 19.4 Å². The summed E-state index contributed by atoms with van der Waals surface area (Å²) in [5.41, 5.74) is 12.7. The Balaban J connectivity index is 1.89. The van der Waals surface area contributed by atoms with E-state index in [0.29, 0.717) is 39.1 Å². The van der Waals surface area contributed by atoms with E-state index in [9.17, 15) is 9.90 Å². The van der Waals surface area contributed by atoms with Gasteiger partial charge in [0.1, 0.15) is 17.5 Å². The van der Waals surface area contributed by atoms with E-state index in [-0.39, 0.29) is 6.10 Å². The number of amides is 1. The van der Waals surface area contributed by atoms with E-state index in [1.54, 1.807) is 0 Å². The van der Waals surface area contributed by atoms with Gasteiger partial charge in [0.2, 0.25) is 5.91 Å². The zero-order chi connectivity index (χ0) is 23.9. The Labute approximate surface area is 195 Å². The second-order valence-electron chi connectivity index (χ2n) is 8.13. The van der Waals surface area contributed by atoms with E-state index in [4.69, 9.17) is 20.7 Å². The van der Waals surface area contributed by atoms with Gasteiger partial charge in [-0.05, 0) is 43.4 Å². The molecule has 2 rings (SSSR count). The van der Waals surface area contributed by atoms with Gasteiger partial charge in [0.15, 0.2) is 0 Å². The zero-order valence-corrected chi connectivity index (χ0v) is 19.4. The summed E-state index contributed by atoms with van der Waals surface area (Å²) in [6, 6.07) is 7.63. The third kappa shape index (κ3) is 9.63. The lowest BCUT2D eigenvalue weighted by atomic mass is 9.90. The van der Waals surface area contributed by atoms with Crippen LogP contribution in [-0.2, 0) is 15.1 Å². The fraction of sp³-hybridized carbons (Fsp3) is 0.542. The Morgan fingerprint density at radius 2 is 2.18 bits per heavy atom. The van der Waals surface area contributed by atoms with Gasteiger partial charge in [-0.2, -0.15) is 5.11 Å². The second-order valence-corrected chi connectivity index (χ2v) is 8.13. The second kappa shape index (κ2) is 14.3. The third-order valence-corrected chi connectivity index (χ3v) is 5.64. The van der Waals surface area contributed by atoms with Crippen LogP contribution < -0.4 is 21.1 Å². The smallest absolute Gasteiger partial charge is 0.242 e. The lowest BCUT2D eigenvalue weighted by molar-refractivity contribution is -0.113. The average molecular weight is 460 g/mol. The van der Waals surface area contributed by atoms with Crippen LogP contribution in [0.1, 0.15) is 51.0 Å². The quantitative estimate of drug-likeness (QED) is 0.155. The predicted octanol–water partition coefficient (Wildman–Crippen LogP) is 3.06. The molecule has 182 valence electrons. The number of rotatable bonds is 15. The zero-order valence-electron chi connectivity index (χ0n) is 19.4. The van der Waals surface area contributed by atoms with E-state index in [2.05, 4.69) is 15.7 Å². The molecule has 0 unspecified atom stereocenters. The molecule has 0 aliphatic carbocycles. The molecule has 1 aromatic carbocycles. The van der Waals surface area contributed by atoms with Crippen LogP contribution >= 0.6 is 0 Å². The van der Waals surface area contributed by atoms with E-state index in [1.165, 1.54) is 18.5 Å². The number of nitrogens with two attached hydrogens (primary N) is 1. The first-order valence-corrected chi connectivity index (χ1v) is 11.5. The molecule has 0 saturated carbocycles. The Morgan fingerprint density at radius 3 is 2.88 bits per heavy atom. The Bertz CT molecular complexity index is 808. The molecule has 0 spiro atoms. The number of hydrogen-bond donors (Lipinski definition) is 5. The van der Waals surface area contributed by atoms with Crippen LogP contribution in [0.15, 0.2) is 53.6 Å². The number of carbonyl (C=O) groups excluding carboxylic acids is 1. The number of hydrogen-bond acceptors (Lipinski definition) is 8. The predicted molar refractivity (Wildman–Crippen MR) is 127 cm³/mol. The van der Waals surface area contributed by atoms with E-state index >= 15 is 0 Å². The highest BCUT2D eigenvalue weighted by Crippen LogP contribution is 2.29. The van der Waals surface area contributed by atoms with Crippen molar-refractivity contribution in [3.63, 3.8) is 0 Å². The molecule has 1 heterocycles. The van der Waals surface area contributed by atoms with Crippen LogP contribution in [-0.4, -0.2) is 43.4 Å². The first kappa shape index (κ1) is 26.3. The van der Waals surface area contributed by atoms with Crippen molar-refractivity contribution in [1.82, 2.24) is 10.6 Å². The topological polar surface area (TPSA) is 142 Å². The molecular formula is C24H37N5O4. The number of ether oxygens (including phenoxy) is 2. The fourth-order valence-corrected chi connectivity index (χ4v) is 3.58. The van der Waals surface area contributed by atoms with Crippen LogP contribution in [0.25, 0.3) is 0 Å². The van der Waals surface area contributed by atoms with Crippen molar-refractivity contribution in [2.45, 2.75) is 57.2 Å². The van der Waals surface area contributed by atoms with Crippen LogP contribution in [0, 0.1) is 5.53 Å². The van der Waals surface area contributed by atoms with E-state index in [1.807, 2.05) is 31.2 Å². The SMILES string of the molecule is CC[C@@](O)(CN/C(=C\N=N)CCCCN/C=C\C(N)=O)c1cccc(OC2CCOCC2)c1. The highest BCUT2D eigenvalue weighted by Gasteiger charge is 2.28. The standard InChI is InChI=1S/C24H37N5O4/c1-2-24(31,19-6-5-8-22(16-19)33-21-10-14-32-15-11-21)18-28-20(17-29-26)7-3-4-12-27-13-9-23(25)30/h5-6,8-9,13,16-17,21,26-28,31H,2-4,7,10-12,14-15,18H2,1H3,(H2,25,30)/b13-9-,20-17-,29-26?/t24-/m1/s1. The Kier molecular flexibility index (Phi) is 11.4. The van der Waals surface area contributed by atoms with Gasteiger partial charge in [-0.25, -0.2) is 5.53 Å². The summed E-state index contributed by atoms with van der Waals surface area (Å²) in [6.07, 6.45) is 9.08. The van der Waals surface area contributed by atoms with Crippen molar-refractivity contribution >= 4 is 5.91 Å². The monoisotopic (exact) mass is 459 g/mol. The first-order valence-electron chi connectivity index (χ1n) is 11.5. The van der Waals surface area contributed by atoms with E-state index in [0.717, 1.165) is 42.7 Å². The normalized spacial score (nSPS) is 16.8. The number of benzene rings is 1. The van der Waals surface area contributed by atoms with Gasteiger partial charge >= 0.3 is 0 Å². The van der Waals surface area contributed by atoms with Crippen molar-refractivity contribution in [3.8, 4) is 5.75 Å². The summed E-state index contributed by atoms with van der Waals surface area (Å²) in [5.74, 6) is 0.263. The molecule has 6 N–H and O–H groups in total. The van der Waals surface area contributed by atoms with Crippen LogP contribution in [0.5, 0.6) is 5.75 Å². The minimum atomic E-state index is -1.09. The number of nitrogens with one attached hydrogen (secondary N) is 3. The summed E-state index contributed by atoms with van der Waals surface area (Å²) in [5, 5.41) is 21.0. The number of nitrogens with zero attached hydrogens (tertiary/aromatic N) is 1. The molecule has 1 aromatic rings. The molecule has 0 aromatic heterocycles. The summed E-state index contributed by atoms with van der Waals surface area (Å²) in [7, 11) is 0. The highest BCUT2D eigenvalue weighted by atomic mass is 16.5. The average Bonchev–Trinajstić information content (AvgIpc) is 2.82. The van der Waals surface area contributed by atoms with Gasteiger partial charge in [-0.15, -0.1) is 0 Å². The van der Waals surface area contributed by atoms with Gasteiger partial charge in [0.05, 0.1) is 19.4 Å². The number of aliphatic hydroxyl groups is 1. The molecule has 1 aliphatic rings. The fourth-order valence-electron chi connectivity index (χ4n) is 3.58. The van der Waals surface area contributed by atoms with Crippen molar-refractivity contribution in [2.24, 2.45) is 10.8 Å². The van der Waals surface area contributed by atoms with Crippen LogP contribution in [0.4, 0.5) is 0 Å². The minimum Gasteiger partial charge on any atom is -0.490 e. The molecule has 9 heteroatoms. The molecule has 0 bridgehead atoms. The number of allylic oxidation sites excluding steroid dienone is 1. The summed E-state index contributed by atoms with van der Waals surface area (Å²) in [6.45, 7) is 4.36. The molecule has 33 heavy (non-hydrogen) atoms. The summed E-state index contributed by atoms with van der Waals surface area (Å²) >= 11 is 0.